The number of hydrogen-bond acceptors (Lipinski definition) is 5. The Hall–Kier alpha value is -2.22. The Bertz CT molecular complexity index is 1020. The zero-order valence-corrected chi connectivity index (χ0v) is 16.4. The predicted molar refractivity (Wildman–Crippen MR) is 106 cm³/mol. The van der Waals surface area contributed by atoms with Crippen molar-refractivity contribution in [2.24, 2.45) is 0 Å². The number of nitrogens with zero attached hydrogens (tertiary/aromatic N) is 1. The number of anilines is 1. The molecule has 0 atom stereocenters. The van der Waals surface area contributed by atoms with Gasteiger partial charge in [-0.25, -0.2) is 18.1 Å². The normalized spacial score (nSPS) is 12.3. The lowest BCUT2D eigenvalue weighted by Crippen LogP contribution is -2.40. The van der Waals surface area contributed by atoms with E-state index in [9.17, 15) is 8.42 Å². The summed E-state index contributed by atoms with van der Waals surface area (Å²) in [6.45, 7) is 5.38. The van der Waals surface area contributed by atoms with Crippen LogP contribution in [0.2, 0.25) is 0 Å². The van der Waals surface area contributed by atoms with Crippen LogP contribution in [0.4, 0.5) is 5.69 Å². The highest BCUT2D eigenvalue weighted by Gasteiger charge is 2.23. The molecule has 0 unspecified atom stereocenters. The average Bonchev–Trinajstić information content (AvgIpc) is 3.03. The first-order chi connectivity index (χ1) is 12.2. The molecule has 0 saturated heterocycles. The Kier molecular flexibility index (Phi) is 4.88. The van der Waals surface area contributed by atoms with Crippen LogP contribution in [0.1, 0.15) is 20.8 Å². The Morgan fingerprint density at radius 1 is 1.15 bits per heavy atom. The molecule has 5 nitrogen and oxygen atoms in total. The predicted octanol–water partition coefficient (Wildman–Crippen LogP) is 3.94. The van der Waals surface area contributed by atoms with Gasteiger partial charge in [0.15, 0.2) is 0 Å². The second-order valence-electron chi connectivity index (χ2n) is 6.93. The summed E-state index contributed by atoms with van der Waals surface area (Å²) in [6.07, 6.45) is 0. The molecule has 1 heterocycles. The number of aromatic nitrogens is 1. The molecule has 3 aromatic rings. The Balaban J connectivity index is 1.93. The summed E-state index contributed by atoms with van der Waals surface area (Å²) < 4.78 is 27.5. The first-order valence-corrected chi connectivity index (χ1v) is 10.4. The van der Waals surface area contributed by atoms with Crippen molar-refractivity contribution in [3.63, 3.8) is 0 Å². The Morgan fingerprint density at radius 3 is 2.46 bits per heavy atom. The average molecular weight is 387 g/mol. The topological polar surface area (TPSA) is 85.1 Å². The van der Waals surface area contributed by atoms with E-state index in [2.05, 4.69) is 15.8 Å². The van der Waals surface area contributed by atoms with Crippen LogP contribution in [0.5, 0.6) is 0 Å². The van der Waals surface area contributed by atoms with Crippen molar-refractivity contribution in [1.29, 1.82) is 0 Å². The summed E-state index contributed by atoms with van der Waals surface area (Å²) in [5.41, 5.74) is 8.38. The van der Waals surface area contributed by atoms with Crippen LogP contribution in [0.3, 0.4) is 0 Å². The van der Waals surface area contributed by atoms with Crippen LogP contribution in [0, 0.1) is 6.07 Å². The summed E-state index contributed by atoms with van der Waals surface area (Å²) in [7, 11) is -3.63. The maximum atomic E-state index is 12.5. The van der Waals surface area contributed by atoms with Gasteiger partial charge in [-0.1, -0.05) is 24.3 Å². The number of rotatable bonds is 4. The number of nitrogens with one attached hydrogen (secondary N) is 1. The van der Waals surface area contributed by atoms with Crippen molar-refractivity contribution < 1.29 is 8.42 Å². The molecule has 0 saturated carbocycles. The molecule has 3 N–H and O–H groups in total. The molecule has 7 heteroatoms. The van der Waals surface area contributed by atoms with Crippen molar-refractivity contribution in [1.82, 2.24) is 9.71 Å². The minimum atomic E-state index is -3.63. The monoisotopic (exact) mass is 386 g/mol. The number of benzene rings is 2. The summed E-state index contributed by atoms with van der Waals surface area (Å²) in [5, 5.41) is 2.79. The standard InChI is InChI=1S/C19H20N3O2S2/c1-19(2,3)22-26(23,24)14-9-10-15(16(20)11-14)17-12-25-18(21-17)13-7-5-4-6-8-13/h5-12,22H,20H2,1-3H3. The van der Waals surface area contributed by atoms with E-state index in [1.807, 2.05) is 29.6 Å². The first kappa shape index (κ1) is 18.6. The van der Waals surface area contributed by atoms with Gasteiger partial charge in [0.2, 0.25) is 10.0 Å². The van der Waals surface area contributed by atoms with E-state index < -0.39 is 15.6 Å². The smallest absolute Gasteiger partial charge is 0.241 e. The van der Waals surface area contributed by atoms with Gasteiger partial charge in [-0.15, -0.1) is 11.3 Å². The lowest BCUT2D eigenvalue weighted by atomic mass is 10.1. The van der Waals surface area contributed by atoms with Gasteiger partial charge < -0.3 is 5.73 Å². The quantitative estimate of drug-likeness (QED) is 0.665. The molecule has 0 aliphatic carbocycles. The molecule has 2 aromatic carbocycles. The van der Waals surface area contributed by atoms with E-state index >= 15 is 0 Å². The third kappa shape index (κ3) is 4.12. The summed E-state index contributed by atoms with van der Waals surface area (Å²) in [5.74, 6) is 0. The van der Waals surface area contributed by atoms with E-state index in [1.165, 1.54) is 17.4 Å². The number of thiazole rings is 1. The van der Waals surface area contributed by atoms with Gasteiger partial charge in [0.1, 0.15) is 5.01 Å². The van der Waals surface area contributed by atoms with E-state index in [-0.39, 0.29) is 4.90 Å². The van der Waals surface area contributed by atoms with Gasteiger partial charge in [0.05, 0.1) is 10.6 Å². The molecule has 0 fully saturated rings. The van der Waals surface area contributed by atoms with Crippen LogP contribution >= 0.6 is 11.3 Å². The van der Waals surface area contributed by atoms with Crippen LogP contribution in [-0.4, -0.2) is 18.9 Å². The number of nitrogen functional groups attached to an aromatic ring is 1. The van der Waals surface area contributed by atoms with Gasteiger partial charge >= 0.3 is 0 Å². The molecular formula is C19H20N3O2S2. The number of hydrogen-bond donors (Lipinski definition) is 2. The van der Waals surface area contributed by atoms with Gasteiger partial charge in [-0.2, -0.15) is 0 Å². The lowest BCUT2D eigenvalue weighted by molar-refractivity contribution is 0.491. The van der Waals surface area contributed by atoms with Gasteiger partial charge in [-0.3, -0.25) is 0 Å². The molecule has 135 valence electrons. The van der Waals surface area contributed by atoms with Crippen molar-refractivity contribution in [3.05, 3.63) is 53.9 Å². The second kappa shape index (κ2) is 6.83. The van der Waals surface area contributed by atoms with Gasteiger partial charge in [0.25, 0.3) is 0 Å². The fourth-order valence-corrected chi connectivity index (χ4v) is 4.74. The third-order valence-corrected chi connectivity index (χ3v) is 6.17. The second-order valence-corrected chi connectivity index (χ2v) is 9.47. The molecule has 0 spiro atoms. The highest BCUT2D eigenvalue weighted by atomic mass is 32.2. The molecular weight excluding hydrogens is 366 g/mol. The molecule has 3 rings (SSSR count). The summed E-state index contributed by atoms with van der Waals surface area (Å²) >= 11 is 1.51. The molecule has 0 bridgehead atoms. The Labute approximate surface area is 158 Å². The van der Waals surface area contributed by atoms with Crippen LogP contribution in [0.15, 0.2) is 52.7 Å². The van der Waals surface area contributed by atoms with E-state index in [0.717, 1.165) is 16.3 Å². The minimum Gasteiger partial charge on any atom is -0.398 e. The molecule has 0 aliphatic heterocycles. The molecule has 0 amide bonds. The highest BCUT2D eigenvalue weighted by Crippen LogP contribution is 2.32. The number of nitrogens with two attached hydrogens (primary N) is 1. The van der Waals surface area contributed by atoms with Crippen LogP contribution in [-0.2, 0) is 10.0 Å². The van der Waals surface area contributed by atoms with Gasteiger partial charge in [0, 0.05) is 27.7 Å². The highest BCUT2D eigenvalue weighted by molar-refractivity contribution is 7.89. The largest absolute Gasteiger partial charge is 0.398 e. The van der Waals surface area contributed by atoms with Crippen molar-refractivity contribution in [2.75, 3.05) is 5.73 Å². The minimum absolute atomic E-state index is 0.141. The van der Waals surface area contributed by atoms with Crippen molar-refractivity contribution in [3.8, 4) is 21.8 Å². The fraction of sp³-hybridized carbons (Fsp3) is 0.211. The van der Waals surface area contributed by atoms with E-state index in [1.54, 1.807) is 32.9 Å². The number of sulfonamides is 1. The summed E-state index contributed by atoms with van der Waals surface area (Å²) in [6, 6.07) is 15.3. The SMILES string of the molecule is CC(C)(C)NS(=O)(=O)c1ccc(-c2csc(-c3cc[c]cc3)n2)c(N)c1. The molecule has 1 radical (unpaired) electrons. The fourth-order valence-electron chi connectivity index (χ4n) is 2.46. The molecule has 0 aliphatic rings. The maximum Gasteiger partial charge on any atom is 0.241 e. The molecule has 26 heavy (non-hydrogen) atoms. The third-order valence-electron chi connectivity index (χ3n) is 3.52. The molecule has 1 aromatic heterocycles. The summed E-state index contributed by atoms with van der Waals surface area (Å²) in [4.78, 5) is 4.76. The zero-order chi connectivity index (χ0) is 18.9. The lowest BCUT2D eigenvalue weighted by Gasteiger charge is -2.20. The van der Waals surface area contributed by atoms with Crippen molar-refractivity contribution in [2.45, 2.75) is 31.2 Å². The first-order valence-electron chi connectivity index (χ1n) is 8.02. The van der Waals surface area contributed by atoms with Crippen molar-refractivity contribution >= 4 is 27.0 Å². The zero-order valence-electron chi connectivity index (χ0n) is 14.8. The van der Waals surface area contributed by atoms with Gasteiger partial charge in [-0.05, 0) is 45.0 Å². The van der Waals surface area contributed by atoms with Crippen LogP contribution < -0.4 is 10.5 Å². The van der Waals surface area contributed by atoms with Crippen LogP contribution in [0.25, 0.3) is 21.8 Å². The van der Waals surface area contributed by atoms with E-state index in [0.29, 0.717) is 11.3 Å². The maximum absolute atomic E-state index is 12.5. The van der Waals surface area contributed by atoms with E-state index in [4.69, 9.17) is 5.73 Å². The Morgan fingerprint density at radius 2 is 1.85 bits per heavy atom.